The summed E-state index contributed by atoms with van der Waals surface area (Å²) in [6, 6.07) is 0.502. The molecule has 0 aromatic carbocycles. The maximum atomic E-state index is 12.4. The monoisotopic (exact) mass is 306 g/mol. The first-order valence-electron chi connectivity index (χ1n) is 8.27. The first-order valence-corrected chi connectivity index (χ1v) is 8.27. The molecular weight excluding hydrogens is 280 g/mol. The number of ether oxygens (including phenoxy) is 1. The summed E-state index contributed by atoms with van der Waals surface area (Å²) in [4.78, 5) is 21.0. The van der Waals surface area contributed by atoms with Gasteiger partial charge in [0.2, 0.25) is 5.91 Å². The highest BCUT2D eigenvalue weighted by molar-refractivity contribution is 5.79. The number of hydrogen-bond donors (Lipinski definition) is 0. The molecule has 1 aromatic rings. The van der Waals surface area contributed by atoms with Crippen LogP contribution in [0.2, 0.25) is 0 Å². The molecule has 1 saturated carbocycles. The zero-order valence-electron chi connectivity index (χ0n) is 13.4. The third-order valence-electron chi connectivity index (χ3n) is 4.82. The van der Waals surface area contributed by atoms with Crippen LogP contribution >= 0.6 is 0 Å². The molecule has 0 unspecified atom stereocenters. The largest absolute Gasteiger partial charge is 0.383 e. The van der Waals surface area contributed by atoms with Crippen molar-refractivity contribution in [3.63, 3.8) is 0 Å². The third-order valence-corrected chi connectivity index (χ3v) is 4.82. The van der Waals surface area contributed by atoms with E-state index in [0.29, 0.717) is 25.1 Å². The van der Waals surface area contributed by atoms with Crippen molar-refractivity contribution in [2.24, 2.45) is 0 Å². The first kappa shape index (κ1) is 15.5. The van der Waals surface area contributed by atoms with Crippen LogP contribution in [0.3, 0.4) is 0 Å². The minimum atomic E-state index is 0.293. The van der Waals surface area contributed by atoms with Crippen LogP contribution < -0.4 is 0 Å². The number of aromatic nitrogens is 2. The van der Waals surface area contributed by atoms with Gasteiger partial charge >= 0.3 is 0 Å². The van der Waals surface area contributed by atoms with Gasteiger partial charge in [0.1, 0.15) is 0 Å². The normalized spacial score (nSPS) is 21.0. The smallest absolute Gasteiger partial charge is 0.237 e. The van der Waals surface area contributed by atoms with E-state index in [0.717, 1.165) is 31.9 Å². The van der Waals surface area contributed by atoms with Crippen LogP contribution in [0.5, 0.6) is 0 Å². The van der Waals surface area contributed by atoms with Gasteiger partial charge < -0.3 is 14.2 Å². The molecule has 6 nitrogen and oxygen atoms in total. The molecule has 1 amide bonds. The first-order chi connectivity index (χ1) is 10.8. The molecule has 2 aliphatic rings. The van der Waals surface area contributed by atoms with Crippen molar-refractivity contribution in [1.29, 1.82) is 0 Å². The van der Waals surface area contributed by atoms with Gasteiger partial charge in [-0.15, -0.1) is 0 Å². The van der Waals surface area contributed by atoms with Crippen LogP contribution in [-0.2, 0) is 22.6 Å². The molecule has 122 valence electrons. The van der Waals surface area contributed by atoms with Crippen molar-refractivity contribution in [3.8, 4) is 0 Å². The van der Waals surface area contributed by atoms with Crippen molar-refractivity contribution >= 4 is 5.91 Å². The maximum Gasteiger partial charge on any atom is 0.237 e. The van der Waals surface area contributed by atoms with Crippen LogP contribution in [0.1, 0.15) is 31.4 Å². The lowest BCUT2D eigenvalue weighted by Crippen LogP contribution is -2.53. The Kier molecular flexibility index (Phi) is 5.10. The van der Waals surface area contributed by atoms with Gasteiger partial charge in [0, 0.05) is 45.5 Å². The van der Waals surface area contributed by atoms with E-state index >= 15 is 0 Å². The molecule has 0 spiro atoms. The molecule has 1 aliphatic heterocycles. The molecule has 2 fully saturated rings. The average molecular weight is 306 g/mol. The summed E-state index contributed by atoms with van der Waals surface area (Å²) in [5, 5.41) is 0. The third kappa shape index (κ3) is 3.50. The average Bonchev–Trinajstić information content (AvgIpc) is 3.17. The number of nitrogens with zero attached hydrogens (tertiary/aromatic N) is 4. The second-order valence-electron chi connectivity index (χ2n) is 6.31. The quantitative estimate of drug-likeness (QED) is 0.790. The van der Waals surface area contributed by atoms with Crippen LogP contribution in [0.4, 0.5) is 0 Å². The Labute approximate surface area is 132 Å². The Morgan fingerprint density at radius 3 is 2.86 bits per heavy atom. The molecule has 0 atom stereocenters. The molecule has 0 bridgehead atoms. The van der Waals surface area contributed by atoms with Crippen LogP contribution in [-0.4, -0.2) is 64.7 Å². The Morgan fingerprint density at radius 2 is 2.14 bits per heavy atom. The summed E-state index contributed by atoms with van der Waals surface area (Å²) in [5.41, 5.74) is 1.15. The van der Waals surface area contributed by atoms with E-state index < -0.39 is 0 Å². The van der Waals surface area contributed by atoms with Gasteiger partial charge in [0.25, 0.3) is 0 Å². The molecule has 1 saturated heterocycles. The summed E-state index contributed by atoms with van der Waals surface area (Å²) in [5.74, 6) is 0.293. The van der Waals surface area contributed by atoms with Crippen LogP contribution in [0.25, 0.3) is 0 Å². The number of carbonyl (C=O) groups is 1. The van der Waals surface area contributed by atoms with Crippen molar-refractivity contribution < 1.29 is 9.53 Å². The van der Waals surface area contributed by atoms with Gasteiger partial charge in [-0.2, -0.15) is 0 Å². The molecule has 2 heterocycles. The van der Waals surface area contributed by atoms with E-state index in [9.17, 15) is 4.79 Å². The van der Waals surface area contributed by atoms with Crippen LogP contribution in [0.15, 0.2) is 12.5 Å². The predicted molar refractivity (Wildman–Crippen MR) is 83.3 cm³/mol. The number of carbonyl (C=O) groups excluding carboxylic acids is 1. The van der Waals surface area contributed by atoms with E-state index in [4.69, 9.17) is 4.74 Å². The second kappa shape index (κ2) is 7.24. The summed E-state index contributed by atoms with van der Waals surface area (Å²) < 4.78 is 7.23. The Hall–Kier alpha value is -1.40. The van der Waals surface area contributed by atoms with E-state index in [2.05, 4.69) is 19.4 Å². The molecule has 0 radical (unpaired) electrons. The van der Waals surface area contributed by atoms with Crippen LogP contribution in [0, 0.1) is 0 Å². The van der Waals surface area contributed by atoms with E-state index in [-0.39, 0.29) is 0 Å². The zero-order chi connectivity index (χ0) is 15.4. The SMILES string of the molecule is COCCn1cncc1CN1CCN(C2CCCC2)C(=O)C1. The molecular formula is C16H26N4O2. The summed E-state index contributed by atoms with van der Waals surface area (Å²) in [7, 11) is 1.71. The number of imidazole rings is 1. The Bertz CT molecular complexity index is 496. The molecule has 0 N–H and O–H groups in total. The van der Waals surface area contributed by atoms with Crippen molar-refractivity contribution in [1.82, 2.24) is 19.4 Å². The topological polar surface area (TPSA) is 50.6 Å². The highest BCUT2D eigenvalue weighted by atomic mass is 16.5. The van der Waals surface area contributed by atoms with Crippen molar-refractivity contribution in [3.05, 3.63) is 18.2 Å². The fourth-order valence-corrected chi connectivity index (χ4v) is 3.57. The van der Waals surface area contributed by atoms with Gasteiger partial charge in [-0.1, -0.05) is 12.8 Å². The summed E-state index contributed by atoms with van der Waals surface area (Å²) in [6.07, 6.45) is 8.66. The van der Waals surface area contributed by atoms with E-state index in [1.165, 1.54) is 25.7 Å². The highest BCUT2D eigenvalue weighted by Gasteiger charge is 2.31. The lowest BCUT2D eigenvalue weighted by atomic mass is 10.1. The summed E-state index contributed by atoms with van der Waals surface area (Å²) >= 11 is 0. The maximum absolute atomic E-state index is 12.4. The van der Waals surface area contributed by atoms with Gasteiger partial charge in [-0.05, 0) is 12.8 Å². The van der Waals surface area contributed by atoms with Gasteiger partial charge in [0.05, 0.1) is 25.2 Å². The molecule has 3 rings (SSSR count). The number of amides is 1. The Balaban J connectivity index is 1.54. The second-order valence-corrected chi connectivity index (χ2v) is 6.31. The van der Waals surface area contributed by atoms with E-state index in [1.54, 1.807) is 7.11 Å². The fraction of sp³-hybridized carbons (Fsp3) is 0.750. The lowest BCUT2D eigenvalue weighted by molar-refractivity contribution is -0.138. The fourth-order valence-electron chi connectivity index (χ4n) is 3.57. The molecule has 6 heteroatoms. The molecule has 22 heavy (non-hydrogen) atoms. The highest BCUT2D eigenvalue weighted by Crippen LogP contribution is 2.25. The standard InChI is InChI=1S/C16H26N4O2/c1-22-9-8-19-13-17-10-15(19)11-18-6-7-20(16(21)12-18)14-4-2-3-5-14/h10,13-14H,2-9,11-12H2,1H3. The Morgan fingerprint density at radius 1 is 1.32 bits per heavy atom. The number of methoxy groups -OCH3 is 1. The van der Waals surface area contributed by atoms with Crippen molar-refractivity contribution in [2.45, 2.75) is 44.8 Å². The van der Waals surface area contributed by atoms with Gasteiger partial charge in [-0.25, -0.2) is 4.98 Å². The summed E-state index contributed by atoms with van der Waals surface area (Å²) in [6.45, 7) is 4.63. The van der Waals surface area contributed by atoms with Gasteiger partial charge in [-0.3, -0.25) is 9.69 Å². The number of rotatable bonds is 6. The number of hydrogen-bond acceptors (Lipinski definition) is 4. The molecule has 1 aromatic heterocycles. The lowest BCUT2D eigenvalue weighted by Gasteiger charge is -2.37. The molecule has 1 aliphatic carbocycles. The van der Waals surface area contributed by atoms with E-state index in [1.807, 2.05) is 12.5 Å². The van der Waals surface area contributed by atoms with Gasteiger partial charge in [0.15, 0.2) is 0 Å². The van der Waals surface area contributed by atoms with Crippen molar-refractivity contribution in [2.75, 3.05) is 33.4 Å². The minimum absolute atomic E-state index is 0.293. The minimum Gasteiger partial charge on any atom is -0.383 e. The zero-order valence-corrected chi connectivity index (χ0v) is 13.4. The number of piperazine rings is 1. The predicted octanol–water partition coefficient (Wildman–Crippen LogP) is 1.12.